The normalized spacial score (nSPS) is 10.2. The molecule has 0 aliphatic heterocycles. The summed E-state index contributed by atoms with van der Waals surface area (Å²) in [4.78, 5) is 23.9. The lowest BCUT2D eigenvalue weighted by atomic mass is 10.3. The molecule has 0 spiro atoms. The number of nitrogens with zero attached hydrogens (tertiary/aromatic N) is 3. The number of benzene rings is 1. The summed E-state index contributed by atoms with van der Waals surface area (Å²) < 4.78 is 1.61. The zero-order valence-electron chi connectivity index (χ0n) is 11.1. The number of aromatic nitrogens is 2. The number of para-hydroxylation sites is 1. The zero-order valence-corrected chi connectivity index (χ0v) is 11.1. The van der Waals surface area contributed by atoms with Crippen LogP contribution in [0.25, 0.3) is 5.69 Å². The number of hydrogen-bond donors (Lipinski definition) is 1. The maximum absolute atomic E-state index is 12.1. The lowest BCUT2D eigenvalue weighted by Gasteiger charge is -2.14. The van der Waals surface area contributed by atoms with Crippen LogP contribution in [0.1, 0.15) is 16.9 Å². The molecule has 2 rings (SSSR count). The second-order valence-electron chi connectivity index (χ2n) is 4.35. The van der Waals surface area contributed by atoms with Gasteiger partial charge in [-0.3, -0.25) is 9.59 Å². The molecule has 0 saturated heterocycles. The first-order valence-corrected chi connectivity index (χ1v) is 6.16. The second-order valence-corrected chi connectivity index (χ2v) is 4.35. The summed E-state index contributed by atoms with van der Waals surface area (Å²) in [7, 11) is 1.56. The van der Waals surface area contributed by atoms with Gasteiger partial charge < -0.3 is 10.0 Å². The maximum Gasteiger partial charge on any atom is 0.305 e. The summed E-state index contributed by atoms with van der Waals surface area (Å²) in [6.07, 6.45) is 1.62. The number of carboxylic acids is 1. The van der Waals surface area contributed by atoms with E-state index in [-0.39, 0.29) is 18.9 Å². The molecule has 0 saturated carbocycles. The van der Waals surface area contributed by atoms with Gasteiger partial charge in [0.2, 0.25) is 0 Å². The van der Waals surface area contributed by atoms with E-state index in [1.807, 2.05) is 30.3 Å². The average molecular weight is 273 g/mol. The Bertz CT molecular complexity index is 607. The monoisotopic (exact) mass is 273 g/mol. The molecule has 0 bridgehead atoms. The van der Waals surface area contributed by atoms with Crippen LogP contribution in [0.3, 0.4) is 0 Å². The van der Waals surface area contributed by atoms with Gasteiger partial charge in [0.05, 0.1) is 12.1 Å². The summed E-state index contributed by atoms with van der Waals surface area (Å²) in [5.74, 6) is -1.22. The Labute approximate surface area is 116 Å². The molecule has 20 heavy (non-hydrogen) atoms. The van der Waals surface area contributed by atoms with Gasteiger partial charge in [0.15, 0.2) is 5.69 Å². The number of aliphatic carboxylic acids is 1. The first-order chi connectivity index (χ1) is 9.58. The quantitative estimate of drug-likeness (QED) is 0.894. The van der Waals surface area contributed by atoms with Gasteiger partial charge in [-0.1, -0.05) is 18.2 Å². The fourth-order valence-electron chi connectivity index (χ4n) is 1.72. The highest BCUT2D eigenvalue weighted by molar-refractivity contribution is 5.92. The highest BCUT2D eigenvalue weighted by Gasteiger charge is 2.15. The van der Waals surface area contributed by atoms with E-state index in [1.165, 1.54) is 4.90 Å². The van der Waals surface area contributed by atoms with E-state index >= 15 is 0 Å². The molecule has 1 aromatic heterocycles. The van der Waals surface area contributed by atoms with Crippen LogP contribution >= 0.6 is 0 Å². The Morgan fingerprint density at radius 2 is 1.95 bits per heavy atom. The largest absolute Gasteiger partial charge is 0.481 e. The summed E-state index contributed by atoms with van der Waals surface area (Å²) in [5.41, 5.74) is 1.15. The highest BCUT2D eigenvalue weighted by Crippen LogP contribution is 2.08. The van der Waals surface area contributed by atoms with E-state index in [4.69, 9.17) is 5.11 Å². The Kier molecular flexibility index (Phi) is 4.14. The van der Waals surface area contributed by atoms with Gasteiger partial charge in [-0.15, -0.1) is 0 Å². The van der Waals surface area contributed by atoms with E-state index in [2.05, 4.69) is 5.10 Å². The van der Waals surface area contributed by atoms with Gasteiger partial charge in [0.25, 0.3) is 5.91 Å². The molecule has 104 valence electrons. The molecule has 0 fully saturated rings. The maximum atomic E-state index is 12.1. The van der Waals surface area contributed by atoms with Gasteiger partial charge in [0.1, 0.15) is 0 Å². The SMILES string of the molecule is CN(CCC(=O)O)C(=O)c1ccn(-c2ccccc2)n1. The van der Waals surface area contributed by atoms with Crippen molar-refractivity contribution < 1.29 is 14.7 Å². The van der Waals surface area contributed by atoms with Crippen molar-refractivity contribution in [3.8, 4) is 5.69 Å². The molecule has 1 aromatic carbocycles. The van der Waals surface area contributed by atoms with Crippen LogP contribution in [-0.2, 0) is 4.79 Å². The topological polar surface area (TPSA) is 75.4 Å². The van der Waals surface area contributed by atoms with E-state index in [1.54, 1.807) is 24.0 Å². The molecule has 0 atom stereocenters. The Balaban J connectivity index is 2.08. The Morgan fingerprint density at radius 3 is 2.60 bits per heavy atom. The molecular weight excluding hydrogens is 258 g/mol. The summed E-state index contributed by atoms with van der Waals surface area (Å²) in [6, 6.07) is 11.1. The van der Waals surface area contributed by atoms with Crippen molar-refractivity contribution in [3.63, 3.8) is 0 Å². The van der Waals surface area contributed by atoms with Crippen LogP contribution < -0.4 is 0 Å². The summed E-state index contributed by atoms with van der Waals surface area (Å²) in [5, 5.41) is 12.8. The summed E-state index contributed by atoms with van der Waals surface area (Å²) in [6.45, 7) is 0.159. The van der Waals surface area contributed by atoms with Crippen LogP contribution in [0.2, 0.25) is 0 Å². The van der Waals surface area contributed by atoms with Gasteiger partial charge in [-0.05, 0) is 18.2 Å². The Hall–Kier alpha value is -2.63. The molecule has 0 radical (unpaired) electrons. The number of rotatable bonds is 5. The van der Waals surface area contributed by atoms with Crippen molar-refractivity contribution in [2.24, 2.45) is 0 Å². The fourth-order valence-corrected chi connectivity index (χ4v) is 1.72. The van der Waals surface area contributed by atoms with Gasteiger partial charge in [-0.25, -0.2) is 4.68 Å². The van der Waals surface area contributed by atoms with E-state index in [0.29, 0.717) is 5.69 Å². The minimum absolute atomic E-state index is 0.0817. The number of carbonyl (C=O) groups excluding carboxylic acids is 1. The first kappa shape index (κ1) is 13.8. The third-order valence-electron chi connectivity index (χ3n) is 2.84. The predicted molar refractivity (Wildman–Crippen MR) is 72.8 cm³/mol. The van der Waals surface area contributed by atoms with Crippen molar-refractivity contribution in [1.82, 2.24) is 14.7 Å². The van der Waals surface area contributed by atoms with Crippen LogP contribution in [0.4, 0.5) is 0 Å². The number of hydrogen-bond acceptors (Lipinski definition) is 3. The van der Waals surface area contributed by atoms with Crippen molar-refractivity contribution in [2.75, 3.05) is 13.6 Å². The molecule has 0 unspecified atom stereocenters. The fraction of sp³-hybridized carbons (Fsp3) is 0.214. The lowest BCUT2D eigenvalue weighted by molar-refractivity contribution is -0.137. The molecular formula is C14H15N3O3. The summed E-state index contributed by atoms with van der Waals surface area (Å²) >= 11 is 0. The second kappa shape index (κ2) is 6.01. The zero-order chi connectivity index (χ0) is 14.5. The molecule has 6 nitrogen and oxygen atoms in total. The smallest absolute Gasteiger partial charge is 0.305 e. The number of amides is 1. The third kappa shape index (κ3) is 3.23. The van der Waals surface area contributed by atoms with Crippen molar-refractivity contribution in [2.45, 2.75) is 6.42 Å². The van der Waals surface area contributed by atoms with Crippen LogP contribution in [0.5, 0.6) is 0 Å². The van der Waals surface area contributed by atoms with E-state index in [9.17, 15) is 9.59 Å². The van der Waals surface area contributed by atoms with Crippen molar-refractivity contribution in [3.05, 3.63) is 48.3 Å². The van der Waals surface area contributed by atoms with Gasteiger partial charge in [-0.2, -0.15) is 5.10 Å². The predicted octanol–water partition coefficient (Wildman–Crippen LogP) is 1.42. The highest BCUT2D eigenvalue weighted by atomic mass is 16.4. The van der Waals surface area contributed by atoms with Gasteiger partial charge in [0, 0.05) is 19.8 Å². The minimum atomic E-state index is -0.931. The first-order valence-electron chi connectivity index (χ1n) is 6.16. The van der Waals surface area contributed by atoms with Crippen LogP contribution in [0.15, 0.2) is 42.6 Å². The van der Waals surface area contributed by atoms with Crippen molar-refractivity contribution in [1.29, 1.82) is 0 Å². The molecule has 1 amide bonds. The minimum Gasteiger partial charge on any atom is -0.481 e. The molecule has 6 heteroatoms. The van der Waals surface area contributed by atoms with Crippen LogP contribution in [-0.4, -0.2) is 45.3 Å². The third-order valence-corrected chi connectivity index (χ3v) is 2.84. The average Bonchev–Trinajstić information content (AvgIpc) is 2.94. The van der Waals surface area contributed by atoms with E-state index in [0.717, 1.165) is 5.69 Å². The molecule has 0 aliphatic carbocycles. The number of carboxylic acid groups (broad SMARTS) is 1. The molecule has 1 heterocycles. The molecule has 1 N–H and O–H groups in total. The number of carbonyl (C=O) groups is 2. The van der Waals surface area contributed by atoms with Crippen molar-refractivity contribution >= 4 is 11.9 Å². The lowest BCUT2D eigenvalue weighted by Crippen LogP contribution is -2.29. The van der Waals surface area contributed by atoms with Gasteiger partial charge >= 0.3 is 5.97 Å². The molecule has 2 aromatic rings. The van der Waals surface area contributed by atoms with E-state index < -0.39 is 5.97 Å². The Morgan fingerprint density at radius 1 is 1.25 bits per heavy atom. The standard InChI is InChI=1S/C14H15N3O3/c1-16(9-8-13(18)19)14(20)12-7-10-17(15-12)11-5-3-2-4-6-11/h2-7,10H,8-9H2,1H3,(H,18,19). The van der Waals surface area contributed by atoms with Crippen LogP contribution in [0, 0.1) is 0 Å². The molecule has 0 aliphatic rings.